The van der Waals surface area contributed by atoms with Gasteiger partial charge in [0.2, 0.25) is 0 Å². The van der Waals surface area contributed by atoms with Crippen molar-refractivity contribution in [3.05, 3.63) is 53.3 Å². The van der Waals surface area contributed by atoms with Crippen LogP contribution in [-0.4, -0.2) is 55.1 Å². The third-order valence-corrected chi connectivity index (χ3v) is 5.07. The summed E-state index contributed by atoms with van der Waals surface area (Å²) in [6, 6.07) is 11.8. The molecule has 1 aromatic heterocycles. The lowest BCUT2D eigenvalue weighted by Crippen LogP contribution is -2.46. The van der Waals surface area contributed by atoms with E-state index in [-0.39, 0.29) is 5.91 Å². The first-order chi connectivity index (χ1) is 12.6. The number of amides is 1. The highest BCUT2D eigenvalue weighted by Gasteiger charge is 2.19. The number of halogens is 1. The van der Waals surface area contributed by atoms with Gasteiger partial charge >= 0.3 is 0 Å². The van der Waals surface area contributed by atoms with Crippen LogP contribution in [0, 0.1) is 0 Å². The summed E-state index contributed by atoms with van der Waals surface area (Å²) in [6.45, 7) is 9.05. The molecule has 6 heteroatoms. The number of hydrogen-bond donors (Lipinski definition) is 0. The average molecular weight is 373 g/mol. The molecule has 2 heterocycles. The number of carbonyl (C=O) groups excluding carboxylic acids is 1. The Bertz CT molecular complexity index is 738. The molecule has 1 saturated heterocycles. The second-order valence-electron chi connectivity index (χ2n) is 6.33. The fourth-order valence-corrected chi connectivity index (χ4v) is 3.45. The number of carbonyl (C=O) groups is 1. The van der Waals surface area contributed by atoms with Gasteiger partial charge in [-0.2, -0.15) is 0 Å². The standard InChI is InChI=1S/C20H25ClN4O/c1-3-23(4-2)20(26)19-9-8-18(15-22-19)25-12-10-24(11-13-25)17-7-5-6-16(21)14-17/h5-9,14-15H,3-4,10-13H2,1-2H3. The molecule has 0 bridgehead atoms. The molecule has 138 valence electrons. The highest BCUT2D eigenvalue weighted by atomic mass is 35.5. The Balaban J connectivity index is 1.62. The SMILES string of the molecule is CCN(CC)C(=O)c1ccc(N2CCN(c3cccc(Cl)c3)CC2)cn1. The minimum Gasteiger partial charge on any atom is -0.368 e. The zero-order valence-corrected chi connectivity index (χ0v) is 16.1. The average Bonchev–Trinajstić information content (AvgIpc) is 2.69. The van der Waals surface area contributed by atoms with Crippen LogP contribution in [0.2, 0.25) is 5.02 Å². The van der Waals surface area contributed by atoms with Gasteiger partial charge in [0.05, 0.1) is 11.9 Å². The number of aromatic nitrogens is 1. The molecule has 0 saturated carbocycles. The molecule has 0 radical (unpaired) electrons. The third kappa shape index (κ3) is 4.10. The Morgan fingerprint density at radius 3 is 2.23 bits per heavy atom. The monoisotopic (exact) mass is 372 g/mol. The number of hydrogen-bond acceptors (Lipinski definition) is 4. The summed E-state index contributed by atoms with van der Waals surface area (Å²) in [6.07, 6.45) is 1.81. The predicted octanol–water partition coefficient (Wildman–Crippen LogP) is 3.54. The number of nitrogens with zero attached hydrogens (tertiary/aromatic N) is 4. The van der Waals surface area contributed by atoms with E-state index in [0.717, 1.165) is 42.6 Å². The van der Waals surface area contributed by atoms with Crippen LogP contribution < -0.4 is 9.80 Å². The number of rotatable bonds is 5. The fraction of sp³-hybridized carbons (Fsp3) is 0.400. The van der Waals surface area contributed by atoms with Gasteiger partial charge in [-0.3, -0.25) is 4.79 Å². The van der Waals surface area contributed by atoms with Crippen molar-refractivity contribution in [2.45, 2.75) is 13.8 Å². The molecule has 1 fully saturated rings. The summed E-state index contributed by atoms with van der Waals surface area (Å²) >= 11 is 6.10. The summed E-state index contributed by atoms with van der Waals surface area (Å²) in [5, 5.41) is 0.766. The van der Waals surface area contributed by atoms with Crippen molar-refractivity contribution in [3.63, 3.8) is 0 Å². The normalized spacial score (nSPS) is 14.4. The van der Waals surface area contributed by atoms with Gasteiger partial charge in [0, 0.05) is 50.0 Å². The van der Waals surface area contributed by atoms with E-state index >= 15 is 0 Å². The summed E-state index contributed by atoms with van der Waals surface area (Å²) in [5.41, 5.74) is 2.73. The van der Waals surface area contributed by atoms with Gasteiger partial charge in [-0.1, -0.05) is 17.7 Å². The van der Waals surface area contributed by atoms with Crippen LogP contribution in [0.25, 0.3) is 0 Å². The number of piperazine rings is 1. The summed E-state index contributed by atoms with van der Waals surface area (Å²) in [7, 11) is 0. The van der Waals surface area contributed by atoms with Gasteiger partial charge in [-0.15, -0.1) is 0 Å². The molecule has 5 nitrogen and oxygen atoms in total. The maximum Gasteiger partial charge on any atom is 0.272 e. The first-order valence-electron chi connectivity index (χ1n) is 9.13. The number of pyridine rings is 1. The second kappa shape index (κ2) is 8.41. The Hall–Kier alpha value is -2.27. The Morgan fingerprint density at radius 1 is 1.04 bits per heavy atom. The number of anilines is 2. The molecule has 0 spiro atoms. The van der Waals surface area contributed by atoms with E-state index in [4.69, 9.17) is 11.6 Å². The zero-order valence-electron chi connectivity index (χ0n) is 15.4. The largest absolute Gasteiger partial charge is 0.368 e. The molecule has 0 aliphatic carbocycles. The van der Waals surface area contributed by atoms with Crippen LogP contribution in [0.1, 0.15) is 24.3 Å². The maximum atomic E-state index is 12.4. The summed E-state index contributed by atoms with van der Waals surface area (Å²) in [4.78, 5) is 23.2. The Kier molecular flexibility index (Phi) is 5.99. The van der Waals surface area contributed by atoms with Gasteiger partial charge in [0.25, 0.3) is 5.91 Å². The molecule has 3 rings (SSSR count). The molecule has 0 N–H and O–H groups in total. The van der Waals surface area contributed by atoms with Crippen molar-refractivity contribution < 1.29 is 4.79 Å². The Morgan fingerprint density at radius 2 is 1.69 bits per heavy atom. The molecule has 1 aromatic carbocycles. The van der Waals surface area contributed by atoms with Crippen molar-refractivity contribution >= 4 is 28.9 Å². The van der Waals surface area contributed by atoms with Crippen LogP contribution >= 0.6 is 11.6 Å². The lowest BCUT2D eigenvalue weighted by molar-refractivity contribution is 0.0767. The number of benzene rings is 1. The van der Waals surface area contributed by atoms with E-state index in [9.17, 15) is 4.79 Å². The van der Waals surface area contributed by atoms with E-state index in [1.165, 1.54) is 0 Å². The van der Waals surface area contributed by atoms with Crippen molar-refractivity contribution in [2.75, 3.05) is 49.1 Å². The third-order valence-electron chi connectivity index (χ3n) is 4.84. The van der Waals surface area contributed by atoms with Crippen molar-refractivity contribution in [1.29, 1.82) is 0 Å². The molecular weight excluding hydrogens is 348 g/mol. The summed E-state index contributed by atoms with van der Waals surface area (Å²) < 4.78 is 0. The van der Waals surface area contributed by atoms with Gasteiger partial charge in [0.15, 0.2) is 0 Å². The molecule has 26 heavy (non-hydrogen) atoms. The van der Waals surface area contributed by atoms with Crippen LogP contribution in [0.5, 0.6) is 0 Å². The van der Waals surface area contributed by atoms with E-state index < -0.39 is 0 Å². The topological polar surface area (TPSA) is 39.7 Å². The first kappa shape index (κ1) is 18.5. The lowest BCUT2D eigenvalue weighted by Gasteiger charge is -2.37. The Labute approximate surface area is 160 Å². The van der Waals surface area contributed by atoms with E-state index in [1.54, 1.807) is 4.90 Å². The lowest BCUT2D eigenvalue weighted by atomic mass is 10.2. The molecule has 0 atom stereocenters. The molecule has 1 amide bonds. The van der Waals surface area contributed by atoms with Crippen LogP contribution in [0.4, 0.5) is 11.4 Å². The highest BCUT2D eigenvalue weighted by molar-refractivity contribution is 6.30. The molecule has 2 aromatic rings. The van der Waals surface area contributed by atoms with Gasteiger partial charge in [-0.25, -0.2) is 4.98 Å². The fourth-order valence-electron chi connectivity index (χ4n) is 3.27. The van der Waals surface area contributed by atoms with E-state index in [1.807, 2.05) is 50.4 Å². The first-order valence-corrected chi connectivity index (χ1v) is 9.51. The van der Waals surface area contributed by atoms with Crippen molar-refractivity contribution in [2.24, 2.45) is 0 Å². The molecular formula is C20H25ClN4O. The van der Waals surface area contributed by atoms with Crippen LogP contribution in [0.15, 0.2) is 42.6 Å². The molecule has 0 unspecified atom stereocenters. The minimum atomic E-state index is -0.00711. The smallest absolute Gasteiger partial charge is 0.272 e. The minimum absolute atomic E-state index is 0.00711. The van der Waals surface area contributed by atoms with Gasteiger partial charge in [-0.05, 0) is 44.2 Å². The molecule has 1 aliphatic rings. The van der Waals surface area contributed by atoms with Gasteiger partial charge in [0.1, 0.15) is 5.69 Å². The maximum absolute atomic E-state index is 12.4. The van der Waals surface area contributed by atoms with E-state index in [2.05, 4.69) is 20.9 Å². The predicted molar refractivity (Wildman–Crippen MR) is 107 cm³/mol. The van der Waals surface area contributed by atoms with Crippen LogP contribution in [-0.2, 0) is 0 Å². The van der Waals surface area contributed by atoms with Gasteiger partial charge < -0.3 is 14.7 Å². The molecule has 1 aliphatic heterocycles. The quantitative estimate of drug-likeness (QED) is 0.804. The van der Waals surface area contributed by atoms with Crippen LogP contribution in [0.3, 0.4) is 0 Å². The summed E-state index contributed by atoms with van der Waals surface area (Å²) in [5.74, 6) is -0.00711. The van der Waals surface area contributed by atoms with Crippen molar-refractivity contribution in [1.82, 2.24) is 9.88 Å². The highest BCUT2D eigenvalue weighted by Crippen LogP contribution is 2.23. The second-order valence-corrected chi connectivity index (χ2v) is 6.77. The van der Waals surface area contributed by atoms with E-state index in [0.29, 0.717) is 18.8 Å². The zero-order chi connectivity index (χ0) is 18.5. The van der Waals surface area contributed by atoms with Crippen molar-refractivity contribution in [3.8, 4) is 0 Å².